The van der Waals surface area contributed by atoms with Crippen molar-refractivity contribution in [3.05, 3.63) is 35.9 Å². The van der Waals surface area contributed by atoms with Gasteiger partial charge < -0.3 is 15.5 Å². The maximum atomic E-state index is 11.7. The molecule has 1 aromatic carbocycles. The number of aliphatic carboxylic acids is 1. The molecule has 0 aliphatic carbocycles. The molecule has 0 heterocycles. The van der Waals surface area contributed by atoms with Crippen molar-refractivity contribution < 1.29 is 19.8 Å². The first-order chi connectivity index (χ1) is 9.51. The molecule has 0 fully saturated rings. The lowest BCUT2D eigenvalue weighted by atomic mass is 10.1. The van der Waals surface area contributed by atoms with Crippen molar-refractivity contribution in [2.75, 3.05) is 0 Å². The van der Waals surface area contributed by atoms with E-state index in [1.165, 1.54) is 18.2 Å². The molecule has 108 valence electrons. The number of phenols is 1. The Bertz CT molecular complexity index is 479. The lowest BCUT2D eigenvalue weighted by Crippen LogP contribution is -2.35. The summed E-state index contributed by atoms with van der Waals surface area (Å²) in [7, 11) is 0. The van der Waals surface area contributed by atoms with Crippen LogP contribution in [0.2, 0.25) is 0 Å². The fourth-order valence-electron chi connectivity index (χ4n) is 1.79. The van der Waals surface area contributed by atoms with Crippen molar-refractivity contribution in [3.8, 4) is 5.75 Å². The highest BCUT2D eigenvalue weighted by Crippen LogP contribution is 2.10. The van der Waals surface area contributed by atoms with Crippen LogP contribution in [-0.2, 0) is 9.59 Å². The van der Waals surface area contributed by atoms with Crippen molar-refractivity contribution in [3.63, 3.8) is 0 Å². The molecule has 1 amide bonds. The Morgan fingerprint density at radius 2 is 1.95 bits per heavy atom. The standard InChI is InChI=1S/C15H19NO4/c1-2-3-12(10-15(19)20)16-14(18)9-6-11-4-7-13(17)8-5-11/h4-9,12,17H,2-3,10H2,1H3,(H,16,18)(H,19,20)/b9-6+. The Kier molecular flexibility index (Phi) is 6.29. The van der Waals surface area contributed by atoms with E-state index in [4.69, 9.17) is 10.2 Å². The quantitative estimate of drug-likeness (QED) is 0.667. The summed E-state index contributed by atoms with van der Waals surface area (Å²) in [6.07, 6.45) is 4.33. The largest absolute Gasteiger partial charge is 0.508 e. The summed E-state index contributed by atoms with van der Waals surface area (Å²) in [5.74, 6) is -1.08. The molecule has 0 radical (unpaired) electrons. The van der Waals surface area contributed by atoms with Crippen molar-refractivity contribution in [1.82, 2.24) is 5.32 Å². The molecule has 0 saturated heterocycles. The highest BCUT2D eigenvalue weighted by Gasteiger charge is 2.13. The average Bonchev–Trinajstić information content (AvgIpc) is 2.37. The van der Waals surface area contributed by atoms with E-state index in [0.717, 1.165) is 12.0 Å². The first-order valence-corrected chi connectivity index (χ1v) is 6.50. The maximum Gasteiger partial charge on any atom is 0.305 e. The molecule has 1 rings (SSSR count). The van der Waals surface area contributed by atoms with Gasteiger partial charge in [0.05, 0.1) is 6.42 Å². The van der Waals surface area contributed by atoms with Gasteiger partial charge in [0.25, 0.3) is 0 Å². The molecule has 5 nitrogen and oxygen atoms in total. The first-order valence-electron chi connectivity index (χ1n) is 6.50. The molecule has 20 heavy (non-hydrogen) atoms. The van der Waals surface area contributed by atoms with Gasteiger partial charge in [-0.1, -0.05) is 25.5 Å². The van der Waals surface area contributed by atoms with Gasteiger partial charge >= 0.3 is 5.97 Å². The van der Waals surface area contributed by atoms with Crippen molar-refractivity contribution in [2.45, 2.75) is 32.2 Å². The van der Waals surface area contributed by atoms with Crippen LogP contribution in [0.5, 0.6) is 5.75 Å². The molecule has 1 atom stereocenters. The molecule has 1 aromatic rings. The summed E-state index contributed by atoms with van der Waals surface area (Å²) >= 11 is 0. The van der Waals surface area contributed by atoms with E-state index in [2.05, 4.69) is 5.32 Å². The summed E-state index contributed by atoms with van der Waals surface area (Å²) in [6, 6.07) is 6.07. The van der Waals surface area contributed by atoms with Gasteiger partial charge in [0.1, 0.15) is 5.75 Å². The molecule has 1 unspecified atom stereocenters. The monoisotopic (exact) mass is 277 g/mol. The second-order valence-corrected chi connectivity index (χ2v) is 4.52. The van der Waals surface area contributed by atoms with Crippen molar-refractivity contribution >= 4 is 18.0 Å². The number of carboxylic acid groups (broad SMARTS) is 1. The number of nitrogens with one attached hydrogen (secondary N) is 1. The Hall–Kier alpha value is -2.30. The summed E-state index contributed by atoms with van der Waals surface area (Å²) in [6.45, 7) is 1.94. The summed E-state index contributed by atoms with van der Waals surface area (Å²) in [4.78, 5) is 22.4. The third-order valence-corrected chi connectivity index (χ3v) is 2.72. The molecule has 0 aromatic heterocycles. The number of carbonyl (C=O) groups is 2. The number of hydrogen-bond acceptors (Lipinski definition) is 3. The van der Waals surface area contributed by atoms with Gasteiger partial charge in [-0.3, -0.25) is 9.59 Å². The van der Waals surface area contributed by atoms with Gasteiger partial charge in [0.15, 0.2) is 0 Å². The van der Waals surface area contributed by atoms with E-state index in [9.17, 15) is 9.59 Å². The summed E-state index contributed by atoms with van der Waals surface area (Å²) in [5, 5.41) is 20.6. The van der Waals surface area contributed by atoms with Crippen LogP contribution in [0.3, 0.4) is 0 Å². The van der Waals surface area contributed by atoms with Crippen LogP contribution in [0.4, 0.5) is 0 Å². The zero-order valence-electron chi connectivity index (χ0n) is 11.4. The van der Waals surface area contributed by atoms with Crippen LogP contribution >= 0.6 is 0 Å². The normalized spacial score (nSPS) is 12.2. The minimum atomic E-state index is -0.925. The molecule has 5 heteroatoms. The van der Waals surface area contributed by atoms with Crippen LogP contribution in [0, 0.1) is 0 Å². The summed E-state index contributed by atoms with van der Waals surface area (Å²) in [5.41, 5.74) is 0.781. The predicted molar refractivity (Wildman–Crippen MR) is 76.2 cm³/mol. The predicted octanol–water partition coefficient (Wildman–Crippen LogP) is 2.17. The lowest BCUT2D eigenvalue weighted by molar-refractivity contribution is -0.137. The highest BCUT2D eigenvalue weighted by atomic mass is 16.4. The fourth-order valence-corrected chi connectivity index (χ4v) is 1.79. The van der Waals surface area contributed by atoms with Crippen LogP contribution in [0.15, 0.2) is 30.3 Å². The van der Waals surface area contributed by atoms with E-state index in [1.807, 2.05) is 6.92 Å². The number of carbonyl (C=O) groups excluding carboxylic acids is 1. The van der Waals surface area contributed by atoms with Gasteiger partial charge in [-0.25, -0.2) is 0 Å². The SMILES string of the molecule is CCCC(CC(=O)O)NC(=O)/C=C/c1ccc(O)cc1. The number of phenolic OH excluding ortho intramolecular Hbond substituents is 1. The summed E-state index contributed by atoms with van der Waals surface area (Å²) < 4.78 is 0. The Labute approximate surface area is 117 Å². The minimum absolute atomic E-state index is 0.0768. The van der Waals surface area contributed by atoms with Gasteiger partial charge in [-0.05, 0) is 30.2 Å². The number of aromatic hydroxyl groups is 1. The Morgan fingerprint density at radius 3 is 2.50 bits per heavy atom. The molecule has 0 aliphatic heterocycles. The van der Waals surface area contributed by atoms with E-state index >= 15 is 0 Å². The number of rotatable bonds is 7. The topological polar surface area (TPSA) is 86.6 Å². The molecule has 3 N–H and O–H groups in total. The number of amides is 1. The van der Waals surface area contributed by atoms with Gasteiger partial charge in [-0.2, -0.15) is 0 Å². The van der Waals surface area contributed by atoms with Crippen LogP contribution < -0.4 is 5.32 Å². The third-order valence-electron chi connectivity index (χ3n) is 2.72. The van der Waals surface area contributed by atoms with E-state index < -0.39 is 5.97 Å². The minimum Gasteiger partial charge on any atom is -0.508 e. The maximum absolute atomic E-state index is 11.7. The molecule has 0 bridgehead atoms. The third kappa shape index (κ3) is 6.04. The molecular weight excluding hydrogens is 258 g/mol. The van der Waals surface area contributed by atoms with Crippen LogP contribution in [0.1, 0.15) is 31.7 Å². The molecule has 0 saturated carbocycles. The van der Waals surface area contributed by atoms with Crippen molar-refractivity contribution in [1.29, 1.82) is 0 Å². The molecule has 0 spiro atoms. The number of carboxylic acids is 1. The van der Waals surface area contributed by atoms with Crippen molar-refractivity contribution in [2.24, 2.45) is 0 Å². The van der Waals surface area contributed by atoms with E-state index in [0.29, 0.717) is 6.42 Å². The second-order valence-electron chi connectivity index (χ2n) is 4.52. The zero-order chi connectivity index (χ0) is 15.0. The molecular formula is C15H19NO4. The average molecular weight is 277 g/mol. The first kappa shape index (κ1) is 15.8. The van der Waals surface area contributed by atoms with Gasteiger partial charge in [0.2, 0.25) is 5.91 Å². The molecule has 0 aliphatic rings. The number of benzene rings is 1. The van der Waals surface area contributed by atoms with E-state index in [-0.39, 0.29) is 24.1 Å². The highest BCUT2D eigenvalue weighted by molar-refractivity contribution is 5.92. The lowest BCUT2D eigenvalue weighted by Gasteiger charge is -2.14. The van der Waals surface area contributed by atoms with Crippen LogP contribution in [0.25, 0.3) is 6.08 Å². The van der Waals surface area contributed by atoms with E-state index in [1.54, 1.807) is 18.2 Å². The van der Waals surface area contributed by atoms with Gasteiger partial charge in [-0.15, -0.1) is 0 Å². The zero-order valence-corrected chi connectivity index (χ0v) is 11.4. The Balaban J connectivity index is 2.56. The Morgan fingerprint density at radius 1 is 1.30 bits per heavy atom. The fraction of sp³-hybridized carbons (Fsp3) is 0.333. The number of hydrogen-bond donors (Lipinski definition) is 3. The van der Waals surface area contributed by atoms with Crippen LogP contribution in [-0.4, -0.2) is 28.1 Å². The smallest absolute Gasteiger partial charge is 0.305 e. The second kappa shape index (κ2) is 7.99. The van der Waals surface area contributed by atoms with Gasteiger partial charge in [0, 0.05) is 12.1 Å².